The second kappa shape index (κ2) is 6.40. The second-order valence-corrected chi connectivity index (χ2v) is 5.17. The van der Waals surface area contributed by atoms with Crippen LogP contribution in [0.25, 0.3) is 0 Å². The normalized spacial score (nSPS) is 10.1. The van der Waals surface area contributed by atoms with Gasteiger partial charge >= 0.3 is 0 Å². The van der Waals surface area contributed by atoms with Crippen LogP contribution in [-0.4, -0.2) is 5.91 Å². The molecule has 0 aliphatic carbocycles. The van der Waals surface area contributed by atoms with Crippen LogP contribution in [0, 0.1) is 0 Å². The van der Waals surface area contributed by atoms with Gasteiger partial charge in [0, 0.05) is 16.6 Å². The fraction of sp³-hybridized carbons (Fsp3) is 0.0714. The molecule has 0 aromatic heterocycles. The van der Waals surface area contributed by atoms with E-state index in [-0.39, 0.29) is 5.91 Å². The summed E-state index contributed by atoms with van der Waals surface area (Å²) in [7, 11) is 0. The van der Waals surface area contributed by atoms with Crippen molar-refractivity contribution in [3.8, 4) is 0 Å². The third kappa shape index (κ3) is 3.49. The van der Waals surface area contributed by atoms with Crippen LogP contribution in [0.2, 0.25) is 0 Å². The highest BCUT2D eigenvalue weighted by molar-refractivity contribution is 9.10. The van der Waals surface area contributed by atoms with Gasteiger partial charge in [-0.15, -0.1) is 0 Å². The lowest BCUT2D eigenvalue weighted by Crippen LogP contribution is -2.23. The van der Waals surface area contributed by atoms with E-state index in [0.29, 0.717) is 23.5 Å². The van der Waals surface area contributed by atoms with Gasteiger partial charge in [0.1, 0.15) is 0 Å². The molecule has 0 saturated heterocycles. The molecule has 0 saturated carbocycles. The van der Waals surface area contributed by atoms with Crippen LogP contribution in [0.15, 0.2) is 46.9 Å². The maximum atomic E-state index is 12.0. The van der Waals surface area contributed by atoms with Crippen LogP contribution in [0.1, 0.15) is 15.9 Å². The molecule has 0 aliphatic rings. The summed E-state index contributed by atoms with van der Waals surface area (Å²) in [5.74, 6) is 5.11. The number of carbonyl (C=O) groups excluding carboxylic acids is 1. The maximum Gasteiger partial charge on any atom is 0.251 e. The summed E-state index contributed by atoms with van der Waals surface area (Å²) in [6.07, 6.45) is 0. The molecule has 0 spiro atoms. The van der Waals surface area contributed by atoms with Crippen molar-refractivity contribution in [2.75, 3.05) is 11.2 Å². The van der Waals surface area contributed by atoms with E-state index in [9.17, 15) is 4.79 Å². The van der Waals surface area contributed by atoms with E-state index in [1.165, 1.54) is 0 Å². The molecule has 0 radical (unpaired) electrons. The van der Waals surface area contributed by atoms with Gasteiger partial charge < -0.3 is 16.5 Å². The minimum Gasteiger partial charge on any atom is -0.397 e. The first-order valence-electron chi connectivity index (χ1n) is 5.99. The molecule has 1 amide bonds. The summed E-state index contributed by atoms with van der Waals surface area (Å²) >= 11 is 3.39. The number of hydrazine groups is 1. The monoisotopic (exact) mass is 334 g/mol. The third-order valence-corrected chi connectivity index (χ3v) is 3.30. The molecule has 0 aliphatic heterocycles. The molecule has 0 heterocycles. The van der Waals surface area contributed by atoms with Crippen LogP contribution < -0.4 is 22.3 Å². The molecule has 0 unspecified atom stereocenters. The number of hydrogen-bond acceptors (Lipinski definition) is 4. The van der Waals surface area contributed by atoms with Crippen molar-refractivity contribution in [2.45, 2.75) is 6.54 Å². The largest absolute Gasteiger partial charge is 0.397 e. The number of carbonyl (C=O) groups is 1. The van der Waals surface area contributed by atoms with E-state index in [4.69, 9.17) is 11.6 Å². The van der Waals surface area contributed by atoms with Crippen LogP contribution in [0.4, 0.5) is 11.4 Å². The Balaban J connectivity index is 2.03. The third-order valence-electron chi connectivity index (χ3n) is 2.81. The Morgan fingerprint density at radius 3 is 2.65 bits per heavy atom. The quantitative estimate of drug-likeness (QED) is 0.392. The molecule has 104 valence electrons. The molecule has 2 rings (SSSR count). The second-order valence-electron chi connectivity index (χ2n) is 4.26. The summed E-state index contributed by atoms with van der Waals surface area (Å²) in [6, 6.07) is 12.7. The van der Waals surface area contributed by atoms with Crippen LogP contribution in [0.3, 0.4) is 0 Å². The first-order valence-corrected chi connectivity index (χ1v) is 6.78. The lowest BCUT2D eigenvalue weighted by Gasteiger charge is -2.09. The number of nitrogens with two attached hydrogens (primary N) is 2. The zero-order chi connectivity index (χ0) is 14.5. The van der Waals surface area contributed by atoms with Crippen molar-refractivity contribution >= 4 is 33.2 Å². The number of nitrogen functional groups attached to an aromatic ring is 2. The van der Waals surface area contributed by atoms with Crippen LogP contribution >= 0.6 is 15.9 Å². The summed E-state index contributed by atoms with van der Waals surface area (Å²) in [5, 5.41) is 2.84. The average Bonchev–Trinajstić information content (AvgIpc) is 2.44. The van der Waals surface area contributed by atoms with Crippen LogP contribution in [-0.2, 0) is 6.54 Å². The van der Waals surface area contributed by atoms with Crippen molar-refractivity contribution in [1.82, 2.24) is 5.32 Å². The molecule has 0 atom stereocenters. The number of anilines is 2. The minimum atomic E-state index is -0.180. The molecule has 20 heavy (non-hydrogen) atoms. The number of benzene rings is 2. The van der Waals surface area contributed by atoms with E-state index < -0.39 is 0 Å². The Morgan fingerprint density at radius 2 is 2.00 bits per heavy atom. The molecule has 5 nitrogen and oxygen atoms in total. The predicted molar refractivity (Wildman–Crippen MR) is 84.0 cm³/mol. The summed E-state index contributed by atoms with van der Waals surface area (Å²) in [5.41, 5.74) is 10.8. The number of halogens is 1. The molecular weight excluding hydrogens is 320 g/mol. The smallest absolute Gasteiger partial charge is 0.251 e. The van der Waals surface area contributed by atoms with Crippen molar-refractivity contribution in [2.24, 2.45) is 5.84 Å². The van der Waals surface area contributed by atoms with E-state index in [2.05, 4.69) is 26.7 Å². The van der Waals surface area contributed by atoms with Gasteiger partial charge in [-0.2, -0.15) is 0 Å². The van der Waals surface area contributed by atoms with E-state index in [0.717, 1.165) is 10.0 Å². The Morgan fingerprint density at radius 1 is 1.20 bits per heavy atom. The highest BCUT2D eigenvalue weighted by atomic mass is 79.9. The van der Waals surface area contributed by atoms with Crippen molar-refractivity contribution < 1.29 is 4.79 Å². The topological polar surface area (TPSA) is 93.2 Å². The van der Waals surface area contributed by atoms with Crippen molar-refractivity contribution in [1.29, 1.82) is 0 Å². The summed E-state index contributed by atoms with van der Waals surface area (Å²) in [6.45, 7) is 0.453. The van der Waals surface area contributed by atoms with E-state index in [1.54, 1.807) is 18.2 Å². The van der Waals surface area contributed by atoms with Gasteiger partial charge in [0.2, 0.25) is 0 Å². The van der Waals surface area contributed by atoms with Crippen molar-refractivity contribution in [3.63, 3.8) is 0 Å². The molecule has 6 N–H and O–H groups in total. The molecular formula is C14H15BrN4O. The summed E-state index contributed by atoms with van der Waals surface area (Å²) in [4.78, 5) is 12.0. The number of nitrogens with one attached hydrogen (secondary N) is 2. The Kier molecular flexibility index (Phi) is 4.60. The zero-order valence-electron chi connectivity index (χ0n) is 10.7. The molecule has 2 aromatic rings. The highest BCUT2D eigenvalue weighted by Gasteiger charge is 2.07. The van der Waals surface area contributed by atoms with E-state index >= 15 is 0 Å². The molecule has 2 aromatic carbocycles. The fourth-order valence-corrected chi connectivity index (χ4v) is 2.21. The van der Waals surface area contributed by atoms with E-state index in [1.807, 2.05) is 24.3 Å². The number of amides is 1. The summed E-state index contributed by atoms with van der Waals surface area (Å²) < 4.78 is 0.979. The van der Waals surface area contributed by atoms with Gasteiger partial charge in [0.25, 0.3) is 5.91 Å². The number of hydrogen-bond donors (Lipinski definition) is 4. The van der Waals surface area contributed by atoms with Crippen LogP contribution in [0.5, 0.6) is 0 Å². The number of rotatable bonds is 4. The Hall–Kier alpha value is -2.05. The Bertz CT molecular complexity index is 630. The molecule has 6 heteroatoms. The zero-order valence-corrected chi connectivity index (χ0v) is 12.3. The minimum absolute atomic E-state index is 0.180. The van der Waals surface area contributed by atoms with Crippen molar-refractivity contribution in [3.05, 3.63) is 58.1 Å². The maximum absolute atomic E-state index is 12.0. The lowest BCUT2D eigenvalue weighted by molar-refractivity contribution is 0.0951. The van der Waals surface area contributed by atoms with Gasteiger partial charge in [0.15, 0.2) is 0 Å². The fourth-order valence-electron chi connectivity index (χ4n) is 1.77. The standard InChI is InChI=1S/C14H15BrN4O/c15-11-3-1-2-9(6-11)8-18-14(20)10-4-5-13(19-17)12(16)7-10/h1-7,19H,8,16-17H2,(H,18,20). The van der Waals surface area contributed by atoms with Gasteiger partial charge in [-0.3, -0.25) is 10.6 Å². The lowest BCUT2D eigenvalue weighted by atomic mass is 10.1. The Labute approximate surface area is 125 Å². The van der Waals surface area contributed by atoms with Gasteiger partial charge in [0.05, 0.1) is 11.4 Å². The van der Waals surface area contributed by atoms with Gasteiger partial charge in [-0.05, 0) is 35.9 Å². The average molecular weight is 335 g/mol. The van der Waals surface area contributed by atoms with Gasteiger partial charge in [-0.25, -0.2) is 0 Å². The first-order chi connectivity index (χ1) is 9.60. The predicted octanol–water partition coefficient (Wildman–Crippen LogP) is 2.25. The highest BCUT2D eigenvalue weighted by Crippen LogP contribution is 2.18. The first kappa shape index (κ1) is 14.4. The van der Waals surface area contributed by atoms with Gasteiger partial charge in [-0.1, -0.05) is 28.1 Å². The molecule has 0 fully saturated rings. The molecule has 0 bridgehead atoms. The SMILES string of the molecule is NNc1ccc(C(=O)NCc2cccc(Br)c2)cc1N.